The number of nitriles is 1. The molecule has 0 amide bonds. The maximum atomic E-state index is 12.1. The molecule has 19 heavy (non-hydrogen) atoms. The number of hydrogen-bond donors (Lipinski definition) is 1. The fraction of sp³-hybridized carbons (Fsp3) is 0.500. The molecule has 1 aromatic carbocycles. The molecular weight excluding hydrogens is 260 g/mol. The van der Waals surface area contributed by atoms with Gasteiger partial charge in [0.2, 0.25) is 0 Å². The molecule has 1 saturated carbocycles. The standard InChI is InChI=1S/C14H18N2O2S/c1-11-8-13(9-11)16-6-7-19(17,18)14-4-2-12(10-15)3-5-14/h2-5,11,13,16H,6-9H2,1H3. The molecule has 0 aromatic heterocycles. The lowest BCUT2D eigenvalue weighted by Gasteiger charge is -2.33. The lowest BCUT2D eigenvalue weighted by atomic mass is 9.82. The van der Waals surface area contributed by atoms with Gasteiger partial charge in [-0.15, -0.1) is 0 Å². The molecule has 0 heterocycles. The van der Waals surface area contributed by atoms with E-state index in [4.69, 9.17) is 5.26 Å². The van der Waals surface area contributed by atoms with Gasteiger partial charge in [-0.1, -0.05) is 6.92 Å². The van der Waals surface area contributed by atoms with Gasteiger partial charge >= 0.3 is 0 Å². The first-order valence-corrected chi connectivity index (χ1v) is 8.13. The van der Waals surface area contributed by atoms with Crippen LogP contribution in [0, 0.1) is 17.2 Å². The van der Waals surface area contributed by atoms with E-state index in [0.717, 1.165) is 18.8 Å². The van der Waals surface area contributed by atoms with Crippen LogP contribution < -0.4 is 5.32 Å². The van der Waals surface area contributed by atoms with Crippen LogP contribution in [0.4, 0.5) is 0 Å². The monoisotopic (exact) mass is 278 g/mol. The fourth-order valence-electron chi connectivity index (χ4n) is 2.32. The molecule has 1 N–H and O–H groups in total. The SMILES string of the molecule is CC1CC(NCCS(=O)(=O)c2ccc(C#N)cc2)C1. The Morgan fingerprint density at radius 3 is 2.47 bits per heavy atom. The minimum atomic E-state index is -3.25. The zero-order valence-electron chi connectivity index (χ0n) is 11.0. The van der Waals surface area contributed by atoms with Gasteiger partial charge in [-0.25, -0.2) is 8.42 Å². The molecule has 0 atom stereocenters. The minimum absolute atomic E-state index is 0.101. The summed E-state index contributed by atoms with van der Waals surface area (Å²) in [5.74, 6) is 0.858. The molecule has 0 aliphatic heterocycles. The van der Waals surface area contributed by atoms with E-state index in [1.165, 1.54) is 24.3 Å². The molecule has 2 rings (SSSR count). The van der Waals surface area contributed by atoms with Crippen LogP contribution in [0.5, 0.6) is 0 Å². The highest BCUT2D eigenvalue weighted by molar-refractivity contribution is 7.91. The second-order valence-corrected chi connectivity index (χ2v) is 7.29. The van der Waals surface area contributed by atoms with Crippen molar-refractivity contribution in [3.63, 3.8) is 0 Å². The Balaban J connectivity index is 1.88. The summed E-state index contributed by atoms with van der Waals surface area (Å²) in [5.41, 5.74) is 0.473. The number of nitrogens with zero attached hydrogens (tertiary/aromatic N) is 1. The quantitative estimate of drug-likeness (QED) is 0.890. The van der Waals surface area contributed by atoms with Crippen molar-refractivity contribution in [1.29, 1.82) is 5.26 Å². The third-order valence-electron chi connectivity index (χ3n) is 3.52. The summed E-state index contributed by atoms with van der Waals surface area (Å²) in [6.45, 7) is 2.69. The van der Waals surface area contributed by atoms with Gasteiger partial charge in [-0.05, 0) is 43.0 Å². The third-order valence-corrected chi connectivity index (χ3v) is 5.25. The second kappa shape index (κ2) is 5.72. The molecule has 0 spiro atoms. The zero-order valence-corrected chi connectivity index (χ0v) is 11.8. The van der Waals surface area contributed by atoms with Gasteiger partial charge in [0.1, 0.15) is 0 Å². The maximum absolute atomic E-state index is 12.1. The van der Waals surface area contributed by atoms with Crippen LogP contribution in [0.15, 0.2) is 29.2 Å². The van der Waals surface area contributed by atoms with Crippen LogP contribution in [0.2, 0.25) is 0 Å². The third kappa shape index (κ3) is 3.55. The summed E-state index contributed by atoms with van der Waals surface area (Å²) in [5, 5.41) is 11.9. The molecule has 1 fully saturated rings. The second-order valence-electron chi connectivity index (χ2n) is 5.18. The molecule has 0 bridgehead atoms. The van der Waals surface area contributed by atoms with Gasteiger partial charge < -0.3 is 5.32 Å². The first-order chi connectivity index (χ1) is 9.01. The molecule has 1 aliphatic rings. The highest BCUT2D eigenvalue weighted by Gasteiger charge is 2.25. The highest BCUT2D eigenvalue weighted by atomic mass is 32.2. The van der Waals surface area contributed by atoms with E-state index < -0.39 is 9.84 Å². The number of sulfone groups is 1. The molecule has 0 radical (unpaired) electrons. The number of rotatable bonds is 5. The first-order valence-electron chi connectivity index (χ1n) is 6.47. The van der Waals surface area contributed by atoms with Crippen LogP contribution in [0.1, 0.15) is 25.3 Å². The maximum Gasteiger partial charge on any atom is 0.179 e. The van der Waals surface area contributed by atoms with Crippen LogP contribution in [0.3, 0.4) is 0 Å². The Hall–Kier alpha value is -1.38. The van der Waals surface area contributed by atoms with Gasteiger partial charge in [0.15, 0.2) is 9.84 Å². The molecule has 102 valence electrons. The topological polar surface area (TPSA) is 70.0 Å². The largest absolute Gasteiger partial charge is 0.313 e. The minimum Gasteiger partial charge on any atom is -0.313 e. The van der Waals surface area contributed by atoms with E-state index in [2.05, 4.69) is 12.2 Å². The summed E-state index contributed by atoms with van der Waals surface area (Å²) in [4.78, 5) is 0.287. The van der Waals surface area contributed by atoms with Crippen molar-refractivity contribution >= 4 is 9.84 Å². The van der Waals surface area contributed by atoms with Crippen molar-refractivity contribution in [2.75, 3.05) is 12.3 Å². The summed E-state index contributed by atoms with van der Waals surface area (Å²) in [6.07, 6.45) is 2.27. The van der Waals surface area contributed by atoms with Crippen molar-refractivity contribution in [1.82, 2.24) is 5.32 Å². The molecule has 1 aromatic rings. The van der Waals surface area contributed by atoms with E-state index in [1.54, 1.807) is 0 Å². The number of benzene rings is 1. The van der Waals surface area contributed by atoms with Crippen molar-refractivity contribution in [3.05, 3.63) is 29.8 Å². The van der Waals surface area contributed by atoms with E-state index in [1.807, 2.05) is 6.07 Å². The fourth-order valence-corrected chi connectivity index (χ4v) is 3.49. The Bertz CT molecular complexity index is 566. The van der Waals surface area contributed by atoms with Crippen LogP contribution in [-0.4, -0.2) is 26.8 Å². The van der Waals surface area contributed by atoms with Gasteiger partial charge in [0.25, 0.3) is 0 Å². The van der Waals surface area contributed by atoms with Crippen molar-refractivity contribution in [2.45, 2.75) is 30.7 Å². The molecule has 1 aliphatic carbocycles. The van der Waals surface area contributed by atoms with E-state index in [0.29, 0.717) is 18.2 Å². The van der Waals surface area contributed by atoms with Crippen LogP contribution >= 0.6 is 0 Å². The molecular formula is C14H18N2O2S. The number of hydrogen-bond acceptors (Lipinski definition) is 4. The van der Waals surface area contributed by atoms with E-state index >= 15 is 0 Å². The van der Waals surface area contributed by atoms with Crippen molar-refractivity contribution in [3.8, 4) is 6.07 Å². The number of nitrogens with one attached hydrogen (secondary N) is 1. The summed E-state index contributed by atoms with van der Waals surface area (Å²) < 4.78 is 24.1. The van der Waals surface area contributed by atoms with Crippen LogP contribution in [-0.2, 0) is 9.84 Å². The average Bonchev–Trinajstić information content (AvgIpc) is 2.36. The Morgan fingerprint density at radius 1 is 1.32 bits per heavy atom. The first kappa shape index (κ1) is 14.0. The molecule has 0 unspecified atom stereocenters. The Labute approximate surface area is 114 Å². The van der Waals surface area contributed by atoms with Gasteiger partial charge in [-0.3, -0.25) is 0 Å². The predicted octanol–water partition coefficient (Wildman–Crippen LogP) is 1.72. The predicted molar refractivity (Wildman–Crippen MR) is 73.4 cm³/mol. The average molecular weight is 278 g/mol. The lowest BCUT2D eigenvalue weighted by molar-refractivity contribution is 0.245. The molecule has 0 saturated heterocycles. The van der Waals surface area contributed by atoms with Gasteiger partial charge in [0, 0.05) is 12.6 Å². The van der Waals surface area contributed by atoms with E-state index in [-0.39, 0.29) is 10.6 Å². The summed E-state index contributed by atoms with van der Waals surface area (Å²) >= 11 is 0. The van der Waals surface area contributed by atoms with Crippen molar-refractivity contribution in [2.24, 2.45) is 5.92 Å². The molecule has 4 nitrogen and oxygen atoms in total. The summed E-state index contributed by atoms with van der Waals surface area (Å²) in [7, 11) is -3.25. The van der Waals surface area contributed by atoms with Gasteiger partial charge in [0.05, 0.1) is 22.3 Å². The Morgan fingerprint density at radius 2 is 1.95 bits per heavy atom. The van der Waals surface area contributed by atoms with Gasteiger partial charge in [-0.2, -0.15) is 5.26 Å². The van der Waals surface area contributed by atoms with Crippen LogP contribution in [0.25, 0.3) is 0 Å². The zero-order chi connectivity index (χ0) is 13.9. The van der Waals surface area contributed by atoms with E-state index in [9.17, 15) is 8.42 Å². The highest BCUT2D eigenvalue weighted by Crippen LogP contribution is 2.26. The van der Waals surface area contributed by atoms with Crippen molar-refractivity contribution < 1.29 is 8.42 Å². The lowest BCUT2D eigenvalue weighted by Crippen LogP contribution is -2.42. The molecule has 5 heteroatoms. The Kier molecular flexibility index (Phi) is 4.23. The summed E-state index contributed by atoms with van der Waals surface area (Å²) in [6, 6.07) is 8.52. The smallest absolute Gasteiger partial charge is 0.179 e. The normalized spacial score (nSPS) is 22.5.